The molecule has 11 nitrogen and oxygen atoms in total. The number of nitrogens with zero attached hydrogens (tertiary/aromatic N) is 4. The Morgan fingerprint density at radius 2 is 1.86 bits per heavy atom. The summed E-state index contributed by atoms with van der Waals surface area (Å²) in [6.45, 7) is -0.509. The highest BCUT2D eigenvalue weighted by molar-refractivity contribution is 5.57. The van der Waals surface area contributed by atoms with Crippen molar-refractivity contribution in [3.63, 3.8) is 0 Å². The van der Waals surface area contributed by atoms with E-state index in [1.165, 1.54) is 10.9 Å². The molecule has 11 heteroatoms. The second-order valence-electron chi connectivity index (χ2n) is 6.72. The van der Waals surface area contributed by atoms with Crippen molar-refractivity contribution in [1.29, 1.82) is 0 Å². The Morgan fingerprint density at radius 1 is 1.10 bits per heavy atom. The van der Waals surface area contributed by atoms with E-state index in [0.29, 0.717) is 5.69 Å². The van der Waals surface area contributed by atoms with Crippen molar-refractivity contribution in [2.24, 2.45) is 0 Å². The number of benzene rings is 1. The van der Waals surface area contributed by atoms with Crippen molar-refractivity contribution in [3.8, 4) is 11.3 Å². The van der Waals surface area contributed by atoms with Gasteiger partial charge in [0, 0.05) is 11.8 Å². The maximum absolute atomic E-state index is 12.2. The van der Waals surface area contributed by atoms with Crippen molar-refractivity contribution < 1.29 is 20.1 Å². The van der Waals surface area contributed by atoms with Gasteiger partial charge in [-0.25, -0.2) is 9.48 Å². The molecule has 0 aliphatic carbocycles. The number of aromatic amines is 1. The number of hydrogen-bond donors (Lipinski definition) is 4. The third-order valence-corrected chi connectivity index (χ3v) is 4.77. The van der Waals surface area contributed by atoms with Gasteiger partial charge in [0.25, 0.3) is 5.56 Å². The highest BCUT2D eigenvalue weighted by Crippen LogP contribution is 2.28. The highest BCUT2D eigenvalue weighted by Gasteiger charge is 2.43. The summed E-state index contributed by atoms with van der Waals surface area (Å²) in [7, 11) is 0. The molecule has 4 N–H and O–H groups in total. The first-order valence-corrected chi connectivity index (χ1v) is 8.90. The SMILES string of the molecule is O=c1[nH]c(=O)n([C@@H]2O[C@H](CO)C(O)[C@@H]2O)cc1Cn1cc(-c2ccccc2)nn1. The molecule has 0 spiro atoms. The number of nitrogens with one attached hydrogen (secondary N) is 1. The van der Waals surface area contributed by atoms with Gasteiger partial charge in [-0.05, 0) is 0 Å². The van der Waals surface area contributed by atoms with E-state index >= 15 is 0 Å². The molecule has 1 unspecified atom stereocenters. The van der Waals surface area contributed by atoms with Gasteiger partial charge in [-0.2, -0.15) is 0 Å². The van der Waals surface area contributed by atoms with E-state index in [1.807, 2.05) is 30.3 Å². The van der Waals surface area contributed by atoms with Crippen LogP contribution in [0.3, 0.4) is 0 Å². The van der Waals surface area contributed by atoms with Gasteiger partial charge in [-0.3, -0.25) is 14.3 Å². The second kappa shape index (κ2) is 7.72. The standard InChI is InChI=1S/C18H19N5O6/c24-9-13-14(25)15(26)17(29-13)23-7-11(16(27)19-18(23)28)6-22-8-12(20-21-22)10-4-2-1-3-5-10/h1-5,7-8,13-15,17,24-26H,6,9H2,(H,19,27,28)/t13-,14?,15+,17-/m1/s1. The Morgan fingerprint density at radius 3 is 2.55 bits per heavy atom. The zero-order chi connectivity index (χ0) is 20.5. The highest BCUT2D eigenvalue weighted by atomic mass is 16.6. The second-order valence-corrected chi connectivity index (χ2v) is 6.72. The summed E-state index contributed by atoms with van der Waals surface area (Å²) < 4.78 is 7.79. The smallest absolute Gasteiger partial charge is 0.330 e. The summed E-state index contributed by atoms with van der Waals surface area (Å²) in [5.74, 6) is 0. The van der Waals surface area contributed by atoms with Crippen molar-refractivity contribution in [3.05, 3.63) is 69.1 Å². The predicted octanol–water partition coefficient (Wildman–Crippen LogP) is -1.55. The van der Waals surface area contributed by atoms with E-state index in [9.17, 15) is 24.9 Å². The lowest BCUT2D eigenvalue weighted by atomic mass is 10.1. The van der Waals surface area contributed by atoms with Crippen LogP contribution in [0.15, 0.2) is 52.3 Å². The fourth-order valence-electron chi connectivity index (χ4n) is 3.23. The fraction of sp³-hybridized carbons (Fsp3) is 0.333. The van der Waals surface area contributed by atoms with Gasteiger partial charge in [0.15, 0.2) is 6.23 Å². The largest absolute Gasteiger partial charge is 0.394 e. The molecule has 0 radical (unpaired) electrons. The van der Waals surface area contributed by atoms with Crippen LogP contribution in [0.1, 0.15) is 11.8 Å². The van der Waals surface area contributed by atoms with Gasteiger partial charge in [-0.15, -0.1) is 5.10 Å². The van der Waals surface area contributed by atoms with Crippen LogP contribution >= 0.6 is 0 Å². The maximum atomic E-state index is 12.2. The van der Waals surface area contributed by atoms with Crippen LogP contribution in [-0.2, 0) is 11.3 Å². The summed E-state index contributed by atoms with van der Waals surface area (Å²) in [4.78, 5) is 26.6. The number of hydrogen-bond acceptors (Lipinski definition) is 8. The third-order valence-electron chi connectivity index (χ3n) is 4.77. The Bertz CT molecular complexity index is 1110. The minimum Gasteiger partial charge on any atom is -0.394 e. The van der Waals surface area contributed by atoms with E-state index in [1.54, 1.807) is 6.20 Å². The summed E-state index contributed by atoms with van der Waals surface area (Å²) in [6.07, 6.45) is -2.19. The van der Waals surface area contributed by atoms with Crippen LogP contribution in [0.5, 0.6) is 0 Å². The zero-order valence-corrected chi connectivity index (χ0v) is 15.1. The summed E-state index contributed by atoms with van der Waals surface area (Å²) >= 11 is 0. The van der Waals surface area contributed by atoms with Crippen LogP contribution in [-0.4, -0.2) is 64.8 Å². The number of ether oxygens (including phenoxy) is 1. The lowest BCUT2D eigenvalue weighted by Crippen LogP contribution is -2.39. The number of rotatable bonds is 5. The molecule has 0 amide bonds. The molecular weight excluding hydrogens is 382 g/mol. The third kappa shape index (κ3) is 3.63. The molecule has 4 atom stereocenters. The van der Waals surface area contributed by atoms with Crippen molar-refractivity contribution >= 4 is 0 Å². The van der Waals surface area contributed by atoms with Crippen molar-refractivity contribution in [1.82, 2.24) is 24.5 Å². The quantitative estimate of drug-likeness (QED) is 0.401. The van der Waals surface area contributed by atoms with Gasteiger partial charge < -0.3 is 20.1 Å². The van der Waals surface area contributed by atoms with Gasteiger partial charge in [-0.1, -0.05) is 35.5 Å². The van der Waals surface area contributed by atoms with Gasteiger partial charge in [0.1, 0.15) is 24.0 Å². The molecular formula is C18H19N5O6. The number of H-pyrrole nitrogens is 1. The zero-order valence-electron chi connectivity index (χ0n) is 15.1. The molecule has 0 saturated carbocycles. The number of aliphatic hydroxyl groups excluding tert-OH is 3. The normalized spacial score (nSPS) is 24.1. The Hall–Kier alpha value is -3.12. The topological polar surface area (TPSA) is 155 Å². The van der Waals surface area contributed by atoms with Crippen LogP contribution < -0.4 is 11.2 Å². The maximum Gasteiger partial charge on any atom is 0.330 e. The molecule has 3 aromatic rings. The molecule has 1 aliphatic rings. The average molecular weight is 401 g/mol. The molecule has 4 rings (SSSR count). The molecule has 152 valence electrons. The van der Waals surface area contributed by atoms with Crippen LogP contribution in [0.4, 0.5) is 0 Å². The Labute approximate surface area is 163 Å². The Kier molecular flexibility index (Phi) is 5.11. The van der Waals surface area contributed by atoms with Gasteiger partial charge in [0.05, 0.1) is 24.9 Å². The van der Waals surface area contributed by atoms with E-state index in [4.69, 9.17) is 4.74 Å². The molecule has 0 bridgehead atoms. The van der Waals surface area contributed by atoms with E-state index in [-0.39, 0.29) is 12.1 Å². The fourth-order valence-corrected chi connectivity index (χ4v) is 3.23. The van der Waals surface area contributed by atoms with Gasteiger partial charge in [0.2, 0.25) is 0 Å². The van der Waals surface area contributed by atoms with E-state index in [0.717, 1.165) is 10.1 Å². The summed E-state index contributed by atoms with van der Waals surface area (Å²) in [5, 5.41) is 37.4. The number of aromatic nitrogens is 5. The molecule has 29 heavy (non-hydrogen) atoms. The van der Waals surface area contributed by atoms with Crippen molar-refractivity contribution in [2.45, 2.75) is 31.1 Å². The molecule has 1 saturated heterocycles. The lowest BCUT2D eigenvalue weighted by molar-refractivity contribution is -0.0551. The first kappa shape index (κ1) is 19.2. The van der Waals surface area contributed by atoms with Crippen LogP contribution in [0, 0.1) is 0 Å². The van der Waals surface area contributed by atoms with Crippen LogP contribution in [0.25, 0.3) is 11.3 Å². The van der Waals surface area contributed by atoms with E-state index < -0.39 is 42.4 Å². The molecule has 2 aromatic heterocycles. The minimum absolute atomic E-state index is 0.0181. The number of aliphatic hydroxyl groups is 3. The molecule has 1 aromatic carbocycles. The van der Waals surface area contributed by atoms with Gasteiger partial charge >= 0.3 is 5.69 Å². The predicted molar refractivity (Wildman–Crippen MR) is 98.9 cm³/mol. The van der Waals surface area contributed by atoms with Crippen molar-refractivity contribution in [2.75, 3.05) is 6.61 Å². The lowest BCUT2D eigenvalue weighted by Gasteiger charge is -2.17. The van der Waals surface area contributed by atoms with E-state index in [2.05, 4.69) is 15.3 Å². The first-order valence-electron chi connectivity index (χ1n) is 8.90. The first-order chi connectivity index (χ1) is 14.0. The monoisotopic (exact) mass is 401 g/mol. The summed E-state index contributed by atoms with van der Waals surface area (Å²) in [5.41, 5.74) is 0.238. The Balaban J connectivity index is 1.63. The molecule has 1 fully saturated rings. The summed E-state index contributed by atoms with van der Waals surface area (Å²) in [6, 6.07) is 9.38. The average Bonchev–Trinajstić information content (AvgIpc) is 3.30. The van der Waals surface area contributed by atoms with Crippen LogP contribution in [0.2, 0.25) is 0 Å². The molecule has 1 aliphatic heterocycles. The molecule has 3 heterocycles. The minimum atomic E-state index is -1.44.